The van der Waals surface area contributed by atoms with Crippen LogP contribution in [-0.4, -0.2) is 37.7 Å². The summed E-state index contributed by atoms with van der Waals surface area (Å²) in [6.07, 6.45) is 2.34. The number of hydrogen-bond acceptors (Lipinski definition) is 3. The molecule has 1 aromatic rings. The van der Waals surface area contributed by atoms with Crippen LogP contribution in [0.5, 0.6) is 5.75 Å². The van der Waals surface area contributed by atoms with E-state index < -0.39 is 0 Å². The van der Waals surface area contributed by atoms with Crippen LogP contribution in [-0.2, 0) is 6.42 Å². The topological polar surface area (TPSA) is 38.5 Å². The molecule has 0 amide bonds. The second-order valence-electron chi connectivity index (χ2n) is 4.44. The molecule has 1 heterocycles. The number of likely N-dealkylation sites (N-methyl/N-ethyl adjacent to an activating group) is 1. The van der Waals surface area contributed by atoms with E-state index in [1.54, 1.807) is 0 Å². The van der Waals surface area contributed by atoms with Crippen molar-refractivity contribution < 1.29 is 4.74 Å². The number of hydrogen-bond donors (Lipinski definition) is 1. The van der Waals surface area contributed by atoms with Crippen LogP contribution in [0.3, 0.4) is 0 Å². The lowest BCUT2D eigenvalue weighted by molar-refractivity contribution is 0.206. The number of likely N-dealkylation sites (tertiary alicyclic amines) is 1. The third kappa shape index (κ3) is 2.74. The van der Waals surface area contributed by atoms with E-state index in [-0.39, 0.29) is 0 Å². The molecule has 16 heavy (non-hydrogen) atoms. The van der Waals surface area contributed by atoms with E-state index in [2.05, 4.69) is 18.0 Å². The summed E-state index contributed by atoms with van der Waals surface area (Å²) in [4.78, 5) is 2.30. The summed E-state index contributed by atoms with van der Waals surface area (Å²) in [5.41, 5.74) is 6.82. The fourth-order valence-corrected chi connectivity index (χ4v) is 2.15. The van der Waals surface area contributed by atoms with Crippen LogP contribution in [0.2, 0.25) is 0 Å². The van der Waals surface area contributed by atoms with Gasteiger partial charge < -0.3 is 15.4 Å². The van der Waals surface area contributed by atoms with Gasteiger partial charge in [0.1, 0.15) is 11.9 Å². The zero-order valence-electron chi connectivity index (χ0n) is 9.86. The van der Waals surface area contributed by atoms with Gasteiger partial charge in [-0.05, 0) is 38.1 Å². The molecule has 88 valence electrons. The van der Waals surface area contributed by atoms with E-state index in [1.165, 1.54) is 5.56 Å². The number of ether oxygens (including phenoxy) is 1. The Morgan fingerprint density at radius 3 is 2.94 bits per heavy atom. The molecule has 0 aliphatic carbocycles. The molecule has 1 aromatic carbocycles. The number of nitrogens with zero attached hydrogens (tertiary/aromatic N) is 1. The van der Waals surface area contributed by atoms with Crippen molar-refractivity contribution in [3.05, 3.63) is 29.8 Å². The Morgan fingerprint density at radius 1 is 1.44 bits per heavy atom. The lowest BCUT2D eigenvalue weighted by Crippen LogP contribution is -2.22. The first-order valence-corrected chi connectivity index (χ1v) is 5.93. The van der Waals surface area contributed by atoms with E-state index in [9.17, 15) is 0 Å². The van der Waals surface area contributed by atoms with E-state index in [0.717, 1.165) is 31.7 Å². The molecule has 0 aromatic heterocycles. The predicted octanol–water partition coefficient (Wildman–Crippen LogP) is 1.27. The minimum absolute atomic E-state index is 0.337. The van der Waals surface area contributed by atoms with E-state index >= 15 is 0 Å². The zero-order chi connectivity index (χ0) is 11.4. The molecule has 0 bridgehead atoms. The Labute approximate surface area is 97.2 Å². The summed E-state index contributed by atoms with van der Waals surface area (Å²) in [5, 5.41) is 0. The lowest BCUT2D eigenvalue weighted by Gasteiger charge is -2.16. The molecule has 2 N–H and O–H groups in total. The first-order valence-electron chi connectivity index (χ1n) is 5.93. The van der Waals surface area contributed by atoms with E-state index in [1.807, 2.05) is 18.2 Å². The highest BCUT2D eigenvalue weighted by Crippen LogP contribution is 2.22. The fourth-order valence-electron chi connectivity index (χ4n) is 2.15. The monoisotopic (exact) mass is 220 g/mol. The molecule has 0 saturated carbocycles. The summed E-state index contributed by atoms with van der Waals surface area (Å²) in [7, 11) is 2.13. The van der Waals surface area contributed by atoms with Crippen LogP contribution in [0.15, 0.2) is 24.3 Å². The summed E-state index contributed by atoms with van der Waals surface area (Å²) < 4.78 is 6.03. The minimum Gasteiger partial charge on any atom is -0.489 e. The van der Waals surface area contributed by atoms with Gasteiger partial charge in [-0.3, -0.25) is 0 Å². The van der Waals surface area contributed by atoms with Crippen molar-refractivity contribution in [3.8, 4) is 5.75 Å². The van der Waals surface area contributed by atoms with Crippen LogP contribution in [0.4, 0.5) is 0 Å². The Kier molecular flexibility index (Phi) is 3.80. The van der Waals surface area contributed by atoms with Gasteiger partial charge in [-0.1, -0.05) is 18.2 Å². The van der Waals surface area contributed by atoms with E-state index in [0.29, 0.717) is 12.6 Å². The minimum atomic E-state index is 0.337. The first kappa shape index (κ1) is 11.4. The third-order valence-electron chi connectivity index (χ3n) is 3.03. The Balaban J connectivity index is 2.02. The largest absolute Gasteiger partial charge is 0.489 e. The van der Waals surface area contributed by atoms with Crippen LogP contribution in [0.1, 0.15) is 12.0 Å². The molecule has 2 rings (SSSR count). The maximum Gasteiger partial charge on any atom is 0.123 e. The number of rotatable bonds is 4. The van der Waals surface area contributed by atoms with Crippen molar-refractivity contribution in [2.24, 2.45) is 5.73 Å². The van der Waals surface area contributed by atoms with Gasteiger partial charge in [-0.2, -0.15) is 0 Å². The van der Waals surface area contributed by atoms with Crippen molar-refractivity contribution in [1.82, 2.24) is 4.90 Å². The molecule has 1 fully saturated rings. The maximum atomic E-state index is 6.03. The molecular formula is C13H20N2O. The van der Waals surface area contributed by atoms with Gasteiger partial charge in [0, 0.05) is 13.1 Å². The third-order valence-corrected chi connectivity index (χ3v) is 3.03. The van der Waals surface area contributed by atoms with Crippen LogP contribution < -0.4 is 10.5 Å². The smallest absolute Gasteiger partial charge is 0.123 e. The summed E-state index contributed by atoms with van der Waals surface area (Å²) in [6.45, 7) is 2.83. The fraction of sp³-hybridized carbons (Fsp3) is 0.538. The molecular weight excluding hydrogens is 200 g/mol. The first-order chi connectivity index (χ1) is 7.79. The number of benzene rings is 1. The molecule has 3 nitrogen and oxygen atoms in total. The molecule has 0 radical (unpaired) electrons. The number of nitrogens with two attached hydrogens (primary N) is 1. The van der Waals surface area contributed by atoms with Gasteiger partial charge in [0.15, 0.2) is 0 Å². The maximum absolute atomic E-state index is 6.03. The molecule has 1 saturated heterocycles. The lowest BCUT2D eigenvalue weighted by atomic mass is 10.1. The second-order valence-corrected chi connectivity index (χ2v) is 4.44. The van der Waals surface area contributed by atoms with Gasteiger partial charge >= 0.3 is 0 Å². The normalized spacial score (nSPS) is 21.2. The molecule has 1 atom stereocenters. The van der Waals surface area contributed by atoms with Crippen molar-refractivity contribution in [3.63, 3.8) is 0 Å². The van der Waals surface area contributed by atoms with Gasteiger partial charge in [0.05, 0.1) is 0 Å². The highest BCUT2D eigenvalue weighted by molar-refractivity contribution is 5.33. The van der Waals surface area contributed by atoms with Crippen molar-refractivity contribution in [1.29, 1.82) is 0 Å². The van der Waals surface area contributed by atoms with Crippen LogP contribution >= 0.6 is 0 Å². The predicted molar refractivity (Wildman–Crippen MR) is 65.7 cm³/mol. The van der Waals surface area contributed by atoms with Crippen molar-refractivity contribution >= 4 is 0 Å². The summed E-state index contributed by atoms with van der Waals surface area (Å²) >= 11 is 0. The molecule has 0 spiro atoms. The SMILES string of the molecule is CN1CCC(Oc2ccccc2CCN)C1. The standard InChI is InChI=1S/C13H20N2O/c1-15-9-7-12(10-15)16-13-5-3-2-4-11(13)6-8-14/h2-5,12H,6-10,14H2,1H3. The Bertz CT molecular complexity index is 340. The van der Waals surface area contributed by atoms with E-state index in [4.69, 9.17) is 10.5 Å². The average Bonchev–Trinajstić information content (AvgIpc) is 2.67. The highest BCUT2D eigenvalue weighted by Gasteiger charge is 2.21. The zero-order valence-corrected chi connectivity index (χ0v) is 9.86. The second kappa shape index (κ2) is 5.32. The molecule has 3 heteroatoms. The van der Waals surface area contributed by atoms with Crippen molar-refractivity contribution in [2.75, 3.05) is 26.7 Å². The summed E-state index contributed by atoms with van der Waals surface area (Å²) in [6, 6.07) is 8.21. The Morgan fingerprint density at radius 2 is 2.25 bits per heavy atom. The highest BCUT2D eigenvalue weighted by atomic mass is 16.5. The molecule has 1 aliphatic rings. The molecule has 1 aliphatic heterocycles. The Hall–Kier alpha value is -1.06. The van der Waals surface area contributed by atoms with Crippen molar-refractivity contribution in [2.45, 2.75) is 18.9 Å². The van der Waals surface area contributed by atoms with Gasteiger partial charge in [-0.15, -0.1) is 0 Å². The average molecular weight is 220 g/mol. The molecule has 1 unspecified atom stereocenters. The van der Waals surface area contributed by atoms with Gasteiger partial charge in [0.25, 0.3) is 0 Å². The van der Waals surface area contributed by atoms with Gasteiger partial charge in [0.2, 0.25) is 0 Å². The van der Waals surface area contributed by atoms with Crippen LogP contribution in [0.25, 0.3) is 0 Å². The number of para-hydroxylation sites is 1. The van der Waals surface area contributed by atoms with Gasteiger partial charge in [-0.25, -0.2) is 0 Å². The summed E-state index contributed by atoms with van der Waals surface area (Å²) in [5.74, 6) is 1.01. The quantitative estimate of drug-likeness (QED) is 0.830. The van der Waals surface area contributed by atoms with Crippen LogP contribution in [0, 0.1) is 0 Å².